The van der Waals surface area contributed by atoms with Crippen molar-refractivity contribution in [3.63, 3.8) is 0 Å². The minimum absolute atomic E-state index is 0.0343. The second kappa shape index (κ2) is 5.20. The number of amides is 1. The number of nitrogens with two attached hydrogens (primary N) is 2. The van der Waals surface area contributed by atoms with Crippen molar-refractivity contribution >= 4 is 22.8 Å². The van der Waals surface area contributed by atoms with E-state index in [9.17, 15) is 9.90 Å². The van der Waals surface area contributed by atoms with Crippen LogP contribution in [0.5, 0.6) is 5.75 Å². The van der Waals surface area contributed by atoms with Gasteiger partial charge in [0.2, 0.25) is 0 Å². The SMILES string of the molecule is Cc1ccc(O)c(C)c1-c1c(N)c(C(N)=O)nc2c1ncn2C1CC1. The first kappa shape index (κ1) is 15.4. The van der Waals surface area contributed by atoms with Gasteiger partial charge in [0.15, 0.2) is 11.3 Å². The Balaban J connectivity index is 2.15. The summed E-state index contributed by atoms with van der Waals surface area (Å²) in [5.41, 5.74) is 16.2. The summed E-state index contributed by atoms with van der Waals surface area (Å²) in [6.07, 6.45) is 3.85. The zero-order valence-electron chi connectivity index (χ0n) is 14.1. The topological polar surface area (TPSA) is 120 Å². The van der Waals surface area contributed by atoms with E-state index in [1.807, 2.05) is 24.5 Å². The minimum Gasteiger partial charge on any atom is -0.508 e. The molecule has 7 heteroatoms. The van der Waals surface area contributed by atoms with E-state index in [1.165, 1.54) is 0 Å². The van der Waals surface area contributed by atoms with Crippen LogP contribution >= 0.6 is 0 Å². The Morgan fingerprint density at radius 3 is 2.64 bits per heavy atom. The maximum Gasteiger partial charge on any atom is 0.269 e. The molecule has 25 heavy (non-hydrogen) atoms. The van der Waals surface area contributed by atoms with E-state index in [2.05, 4.69) is 9.97 Å². The number of imidazole rings is 1. The summed E-state index contributed by atoms with van der Waals surface area (Å²) in [4.78, 5) is 20.8. The molecule has 0 unspecified atom stereocenters. The largest absolute Gasteiger partial charge is 0.508 e. The monoisotopic (exact) mass is 337 g/mol. The molecule has 1 saturated carbocycles. The van der Waals surface area contributed by atoms with Gasteiger partial charge in [0, 0.05) is 11.6 Å². The summed E-state index contributed by atoms with van der Waals surface area (Å²) in [6, 6.07) is 3.80. The van der Waals surface area contributed by atoms with Gasteiger partial charge < -0.3 is 21.1 Å². The number of rotatable bonds is 3. The molecule has 0 saturated heterocycles. The number of carbonyl (C=O) groups excluding carboxylic acids is 1. The fraction of sp³-hybridized carbons (Fsp3) is 0.278. The third-order valence-electron chi connectivity index (χ3n) is 4.81. The number of aromatic hydroxyl groups is 1. The van der Waals surface area contributed by atoms with Crippen molar-refractivity contribution < 1.29 is 9.90 Å². The molecule has 3 aromatic rings. The van der Waals surface area contributed by atoms with Gasteiger partial charge in [0.1, 0.15) is 11.3 Å². The molecule has 2 heterocycles. The Morgan fingerprint density at radius 1 is 1.28 bits per heavy atom. The van der Waals surface area contributed by atoms with E-state index in [0.717, 1.165) is 24.0 Å². The summed E-state index contributed by atoms with van der Waals surface area (Å²) < 4.78 is 1.97. The van der Waals surface area contributed by atoms with Gasteiger partial charge in [-0.15, -0.1) is 0 Å². The van der Waals surface area contributed by atoms with Crippen LogP contribution < -0.4 is 11.5 Å². The Morgan fingerprint density at radius 2 is 2.00 bits per heavy atom. The minimum atomic E-state index is -0.681. The van der Waals surface area contributed by atoms with Crippen molar-refractivity contribution in [3.05, 3.63) is 35.3 Å². The number of primary amides is 1. The molecule has 0 aliphatic heterocycles. The van der Waals surface area contributed by atoms with E-state index in [0.29, 0.717) is 28.3 Å². The van der Waals surface area contributed by atoms with Crippen LogP contribution in [0.1, 0.15) is 40.5 Å². The molecular weight excluding hydrogens is 318 g/mol. The number of aromatic nitrogens is 3. The molecule has 128 valence electrons. The van der Waals surface area contributed by atoms with Crippen molar-refractivity contribution in [1.29, 1.82) is 0 Å². The molecule has 1 aliphatic rings. The van der Waals surface area contributed by atoms with Gasteiger partial charge in [-0.1, -0.05) is 6.07 Å². The zero-order chi connectivity index (χ0) is 17.9. The number of anilines is 1. The number of aryl methyl sites for hydroxylation is 1. The van der Waals surface area contributed by atoms with Crippen LogP contribution in [-0.4, -0.2) is 25.5 Å². The number of phenols is 1. The molecule has 0 bridgehead atoms. The zero-order valence-corrected chi connectivity index (χ0v) is 14.1. The first-order valence-corrected chi connectivity index (χ1v) is 8.15. The van der Waals surface area contributed by atoms with Crippen LogP contribution in [0, 0.1) is 13.8 Å². The van der Waals surface area contributed by atoms with Gasteiger partial charge in [-0.3, -0.25) is 4.79 Å². The first-order chi connectivity index (χ1) is 11.9. The molecule has 0 radical (unpaired) electrons. The van der Waals surface area contributed by atoms with Crippen LogP contribution in [0.15, 0.2) is 18.5 Å². The summed E-state index contributed by atoms with van der Waals surface area (Å²) in [6.45, 7) is 3.74. The molecule has 0 atom stereocenters. The smallest absolute Gasteiger partial charge is 0.269 e. The van der Waals surface area contributed by atoms with Crippen LogP contribution in [0.4, 0.5) is 5.69 Å². The molecule has 0 spiro atoms. The van der Waals surface area contributed by atoms with E-state index >= 15 is 0 Å². The molecule has 1 fully saturated rings. The second-order valence-electron chi connectivity index (χ2n) is 6.57. The second-order valence-corrected chi connectivity index (χ2v) is 6.57. The number of hydrogen-bond donors (Lipinski definition) is 3. The van der Waals surface area contributed by atoms with Crippen LogP contribution in [0.25, 0.3) is 22.3 Å². The average Bonchev–Trinajstić information content (AvgIpc) is 3.32. The Labute approximate surface area is 144 Å². The molecule has 1 amide bonds. The quantitative estimate of drug-likeness (QED) is 0.678. The number of carbonyl (C=O) groups is 1. The first-order valence-electron chi connectivity index (χ1n) is 8.15. The van der Waals surface area contributed by atoms with E-state index < -0.39 is 5.91 Å². The lowest BCUT2D eigenvalue weighted by molar-refractivity contribution is 0.0997. The highest BCUT2D eigenvalue weighted by atomic mass is 16.3. The van der Waals surface area contributed by atoms with Crippen molar-refractivity contribution in [3.8, 4) is 16.9 Å². The number of benzene rings is 1. The van der Waals surface area contributed by atoms with Crippen LogP contribution in [-0.2, 0) is 0 Å². The van der Waals surface area contributed by atoms with Crippen molar-refractivity contribution in [2.45, 2.75) is 32.7 Å². The molecule has 2 aromatic heterocycles. The maximum absolute atomic E-state index is 11.9. The summed E-state index contributed by atoms with van der Waals surface area (Å²) >= 11 is 0. The van der Waals surface area contributed by atoms with Crippen molar-refractivity contribution in [2.75, 3.05) is 5.73 Å². The summed E-state index contributed by atoms with van der Waals surface area (Å²) in [5.74, 6) is -0.521. The summed E-state index contributed by atoms with van der Waals surface area (Å²) in [5, 5.41) is 10.2. The van der Waals surface area contributed by atoms with E-state index in [-0.39, 0.29) is 17.1 Å². The number of fused-ring (bicyclic) bond motifs is 1. The van der Waals surface area contributed by atoms with Gasteiger partial charge in [-0.25, -0.2) is 9.97 Å². The van der Waals surface area contributed by atoms with Crippen LogP contribution in [0.3, 0.4) is 0 Å². The lowest BCUT2D eigenvalue weighted by Gasteiger charge is -2.16. The third-order valence-corrected chi connectivity index (χ3v) is 4.81. The van der Waals surface area contributed by atoms with Gasteiger partial charge >= 0.3 is 0 Å². The third kappa shape index (κ3) is 2.23. The maximum atomic E-state index is 11.9. The van der Waals surface area contributed by atoms with Gasteiger partial charge in [-0.2, -0.15) is 0 Å². The predicted octanol–water partition coefficient (Wildman–Crippen LogP) is 2.44. The van der Waals surface area contributed by atoms with Gasteiger partial charge in [0.05, 0.1) is 12.0 Å². The highest BCUT2D eigenvalue weighted by Gasteiger charge is 2.29. The van der Waals surface area contributed by atoms with E-state index in [4.69, 9.17) is 11.5 Å². The average molecular weight is 337 g/mol. The lowest BCUT2D eigenvalue weighted by Crippen LogP contribution is -2.17. The van der Waals surface area contributed by atoms with Crippen molar-refractivity contribution in [2.24, 2.45) is 5.73 Å². The number of nitrogen functional groups attached to an aromatic ring is 1. The fourth-order valence-corrected chi connectivity index (χ4v) is 3.34. The number of pyridine rings is 1. The summed E-state index contributed by atoms with van der Waals surface area (Å²) in [7, 11) is 0. The predicted molar refractivity (Wildman–Crippen MR) is 95.3 cm³/mol. The number of phenolic OH excluding ortho intramolecular Hbond substituents is 1. The highest BCUT2D eigenvalue weighted by molar-refractivity contribution is 6.07. The molecule has 4 rings (SSSR count). The molecule has 5 N–H and O–H groups in total. The van der Waals surface area contributed by atoms with E-state index in [1.54, 1.807) is 12.4 Å². The fourth-order valence-electron chi connectivity index (χ4n) is 3.34. The lowest BCUT2D eigenvalue weighted by atomic mass is 9.93. The van der Waals surface area contributed by atoms with Crippen molar-refractivity contribution in [1.82, 2.24) is 14.5 Å². The highest BCUT2D eigenvalue weighted by Crippen LogP contribution is 2.43. The van der Waals surface area contributed by atoms with Crippen LogP contribution in [0.2, 0.25) is 0 Å². The molecule has 7 nitrogen and oxygen atoms in total. The molecule has 1 aromatic carbocycles. The Bertz CT molecular complexity index is 1030. The Hall–Kier alpha value is -3.09. The van der Waals surface area contributed by atoms with Gasteiger partial charge in [0.25, 0.3) is 5.91 Å². The number of nitrogens with zero attached hydrogens (tertiary/aromatic N) is 3. The number of hydrogen-bond acceptors (Lipinski definition) is 5. The molecule has 1 aliphatic carbocycles. The molecular formula is C18H19N5O2. The van der Waals surface area contributed by atoms with Gasteiger partial charge in [-0.05, 0) is 49.4 Å². The Kier molecular flexibility index (Phi) is 3.21. The standard InChI is InChI=1S/C18H19N5O2/c1-8-3-6-11(24)9(2)12(8)13-14(19)16(17(20)25)22-18-15(13)21-7-23(18)10-4-5-10/h3,6-7,10,24H,4-5,19H2,1-2H3,(H2,20,25). The normalized spacial score (nSPS) is 14.2.